The lowest BCUT2D eigenvalue weighted by atomic mass is 9.84. The molecule has 0 radical (unpaired) electrons. The minimum atomic E-state index is 0.0356. The van der Waals surface area contributed by atoms with Gasteiger partial charge in [0.1, 0.15) is 10.0 Å². The molecule has 2 aromatic rings. The summed E-state index contributed by atoms with van der Waals surface area (Å²) in [7, 11) is 0. The average molecular weight is 338 g/mol. The molecule has 5 heteroatoms. The van der Waals surface area contributed by atoms with Crippen LogP contribution >= 0.6 is 22.7 Å². The van der Waals surface area contributed by atoms with Gasteiger partial charge < -0.3 is 0 Å². The molecule has 0 amide bonds. The molecule has 0 saturated carbocycles. The molecular weight excluding hydrogens is 310 g/mol. The van der Waals surface area contributed by atoms with E-state index >= 15 is 0 Å². The summed E-state index contributed by atoms with van der Waals surface area (Å²) in [5.41, 5.74) is 0.0356. The number of rotatable bonds is 6. The van der Waals surface area contributed by atoms with E-state index in [0.29, 0.717) is 17.8 Å². The van der Waals surface area contributed by atoms with Gasteiger partial charge in [-0.05, 0) is 12.3 Å². The zero-order valence-electron chi connectivity index (χ0n) is 14.7. The van der Waals surface area contributed by atoms with Gasteiger partial charge in [0.2, 0.25) is 0 Å². The Morgan fingerprint density at radius 1 is 0.955 bits per heavy atom. The van der Waals surface area contributed by atoms with Crippen LogP contribution in [-0.2, 0) is 5.41 Å². The SMILES string of the molecule is CC(C)c1cnc(C(C)CC(C)(C)c2nnc(C(C)C)s2)s1. The van der Waals surface area contributed by atoms with E-state index in [9.17, 15) is 0 Å². The van der Waals surface area contributed by atoms with E-state index in [4.69, 9.17) is 0 Å². The first-order valence-corrected chi connectivity index (χ1v) is 9.63. The molecule has 1 unspecified atom stereocenters. The van der Waals surface area contributed by atoms with E-state index in [0.717, 1.165) is 16.4 Å². The second kappa shape index (κ2) is 6.75. The predicted octanol–water partition coefficient (Wildman–Crippen LogP) is 5.71. The van der Waals surface area contributed by atoms with Crippen molar-refractivity contribution in [1.82, 2.24) is 15.2 Å². The van der Waals surface area contributed by atoms with Crippen molar-refractivity contribution >= 4 is 22.7 Å². The Labute approximate surface area is 142 Å². The van der Waals surface area contributed by atoms with Gasteiger partial charge in [-0.15, -0.1) is 32.9 Å². The van der Waals surface area contributed by atoms with Crippen molar-refractivity contribution in [2.24, 2.45) is 0 Å². The molecular formula is C17H27N3S2. The summed E-state index contributed by atoms with van der Waals surface area (Å²) in [5, 5.41) is 12.3. The van der Waals surface area contributed by atoms with Crippen LogP contribution in [0.15, 0.2) is 6.20 Å². The smallest absolute Gasteiger partial charge is 0.123 e. The Morgan fingerprint density at radius 3 is 2.14 bits per heavy atom. The van der Waals surface area contributed by atoms with Crippen molar-refractivity contribution in [2.45, 2.75) is 78.1 Å². The fraction of sp³-hybridized carbons (Fsp3) is 0.706. The Balaban J connectivity index is 2.12. The van der Waals surface area contributed by atoms with Crippen molar-refractivity contribution in [3.63, 3.8) is 0 Å². The molecule has 0 bridgehead atoms. The lowest BCUT2D eigenvalue weighted by molar-refractivity contribution is 0.433. The maximum absolute atomic E-state index is 4.63. The van der Waals surface area contributed by atoms with Crippen molar-refractivity contribution in [3.8, 4) is 0 Å². The van der Waals surface area contributed by atoms with Gasteiger partial charge in [-0.1, -0.05) is 48.5 Å². The zero-order chi connectivity index (χ0) is 16.5. The predicted molar refractivity (Wildman–Crippen MR) is 96.3 cm³/mol. The van der Waals surface area contributed by atoms with Crippen molar-refractivity contribution < 1.29 is 0 Å². The molecule has 0 aliphatic rings. The lowest BCUT2D eigenvalue weighted by Crippen LogP contribution is -2.19. The molecule has 122 valence electrons. The molecule has 0 N–H and O–H groups in total. The molecule has 0 saturated heterocycles. The third-order valence-electron chi connectivity index (χ3n) is 3.86. The van der Waals surface area contributed by atoms with Crippen molar-refractivity contribution in [1.29, 1.82) is 0 Å². The summed E-state index contributed by atoms with van der Waals surface area (Å²) in [5.74, 6) is 1.45. The molecule has 0 aromatic carbocycles. The fourth-order valence-electron chi connectivity index (χ4n) is 2.48. The minimum Gasteiger partial charge on any atom is -0.249 e. The van der Waals surface area contributed by atoms with Gasteiger partial charge in [-0.25, -0.2) is 4.98 Å². The van der Waals surface area contributed by atoms with Crippen LogP contribution in [-0.4, -0.2) is 15.2 Å². The van der Waals surface area contributed by atoms with Gasteiger partial charge in [0.25, 0.3) is 0 Å². The number of hydrogen-bond donors (Lipinski definition) is 0. The highest BCUT2D eigenvalue weighted by molar-refractivity contribution is 7.12. The van der Waals surface area contributed by atoms with Gasteiger partial charge in [0.05, 0.1) is 5.01 Å². The first kappa shape index (κ1) is 17.5. The third kappa shape index (κ3) is 3.93. The first-order valence-electron chi connectivity index (χ1n) is 8.00. The van der Waals surface area contributed by atoms with Gasteiger partial charge in [0, 0.05) is 28.3 Å². The monoisotopic (exact) mass is 337 g/mol. The number of aromatic nitrogens is 3. The molecule has 0 aliphatic carbocycles. The van der Waals surface area contributed by atoms with E-state index in [1.165, 1.54) is 9.88 Å². The zero-order valence-corrected chi connectivity index (χ0v) is 16.3. The fourth-order valence-corrected chi connectivity index (χ4v) is 4.41. The molecule has 22 heavy (non-hydrogen) atoms. The van der Waals surface area contributed by atoms with E-state index in [2.05, 4.69) is 63.6 Å². The second-order valence-electron chi connectivity index (χ2n) is 7.34. The van der Waals surface area contributed by atoms with Gasteiger partial charge >= 0.3 is 0 Å². The van der Waals surface area contributed by atoms with Crippen molar-refractivity contribution in [3.05, 3.63) is 26.1 Å². The molecule has 3 nitrogen and oxygen atoms in total. The van der Waals surface area contributed by atoms with Crippen molar-refractivity contribution in [2.75, 3.05) is 0 Å². The maximum atomic E-state index is 4.63. The average Bonchev–Trinajstić information content (AvgIpc) is 3.08. The molecule has 1 atom stereocenters. The van der Waals surface area contributed by atoms with E-state index < -0.39 is 0 Å². The summed E-state index contributed by atoms with van der Waals surface area (Å²) in [4.78, 5) is 6.01. The lowest BCUT2D eigenvalue weighted by Gasteiger charge is -2.24. The summed E-state index contributed by atoms with van der Waals surface area (Å²) in [6, 6.07) is 0. The highest BCUT2D eigenvalue weighted by Crippen LogP contribution is 2.38. The van der Waals surface area contributed by atoms with E-state index in [1.54, 1.807) is 11.3 Å². The molecule has 2 rings (SSSR count). The normalized spacial score (nSPS) is 14.0. The first-order chi connectivity index (χ1) is 10.2. The van der Waals surface area contributed by atoms with Crippen LogP contribution in [0.2, 0.25) is 0 Å². The Hall–Kier alpha value is -0.810. The van der Waals surface area contributed by atoms with Crippen LogP contribution in [0.4, 0.5) is 0 Å². The summed E-state index contributed by atoms with van der Waals surface area (Å²) in [6.07, 6.45) is 3.08. The largest absolute Gasteiger partial charge is 0.249 e. The topological polar surface area (TPSA) is 38.7 Å². The molecule has 2 heterocycles. The highest BCUT2D eigenvalue weighted by Gasteiger charge is 2.29. The molecule has 0 fully saturated rings. The van der Waals surface area contributed by atoms with Gasteiger partial charge in [-0.2, -0.15) is 0 Å². The summed E-state index contributed by atoms with van der Waals surface area (Å²) < 4.78 is 0. The number of hydrogen-bond acceptors (Lipinski definition) is 5. The summed E-state index contributed by atoms with van der Waals surface area (Å²) in [6.45, 7) is 15.6. The second-order valence-corrected chi connectivity index (χ2v) is 9.45. The Kier molecular flexibility index (Phi) is 5.38. The maximum Gasteiger partial charge on any atom is 0.123 e. The van der Waals surface area contributed by atoms with E-state index in [1.807, 2.05) is 17.5 Å². The van der Waals surface area contributed by atoms with Gasteiger partial charge in [0.15, 0.2) is 0 Å². The summed E-state index contributed by atoms with van der Waals surface area (Å²) >= 11 is 3.61. The molecule has 2 aromatic heterocycles. The van der Waals surface area contributed by atoms with Gasteiger partial charge in [-0.3, -0.25) is 0 Å². The standard InChI is InChI=1S/C17H27N3S2/c1-10(2)13-9-18-15(21-13)12(5)8-17(6,7)16-20-19-14(22-16)11(3)4/h9-12H,8H2,1-7H3. The van der Waals surface area contributed by atoms with Crippen LogP contribution in [0, 0.1) is 0 Å². The minimum absolute atomic E-state index is 0.0356. The van der Waals surface area contributed by atoms with Crippen LogP contribution in [0.1, 0.15) is 92.5 Å². The quantitative estimate of drug-likeness (QED) is 0.677. The van der Waals surface area contributed by atoms with Crippen LogP contribution in [0.25, 0.3) is 0 Å². The number of thiazole rings is 1. The Bertz CT molecular complexity index is 611. The highest BCUT2D eigenvalue weighted by atomic mass is 32.1. The molecule has 0 spiro atoms. The Morgan fingerprint density at radius 2 is 1.64 bits per heavy atom. The van der Waals surface area contributed by atoms with Crippen LogP contribution in [0.3, 0.4) is 0 Å². The third-order valence-corrected chi connectivity index (χ3v) is 6.98. The molecule has 0 aliphatic heterocycles. The van der Waals surface area contributed by atoms with Crippen LogP contribution < -0.4 is 0 Å². The van der Waals surface area contributed by atoms with E-state index in [-0.39, 0.29) is 5.41 Å². The van der Waals surface area contributed by atoms with Crippen LogP contribution in [0.5, 0.6) is 0 Å². The number of nitrogens with zero attached hydrogens (tertiary/aromatic N) is 3.